The van der Waals surface area contributed by atoms with Gasteiger partial charge in [-0.25, -0.2) is 9.97 Å². The average molecular weight is 490 g/mol. The third kappa shape index (κ3) is 6.05. The summed E-state index contributed by atoms with van der Waals surface area (Å²) in [6.07, 6.45) is 9.64. The molecule has 2 aliphatic rings. The van der Waals surface area contributed by atoms with Gasteiger partial charge in [0.05, 0.1) is 13.1 Å². The SMILES string of the molecule is CC(C)(C)CN1CCC2(CC1)CN(C(=O)c1ccc(CN(Cc3ncc[nH]3)Cc3ncc[nH]3)cc1)C2. The Balaban J connectivity index is 1.14. The van der Waals surface area contributed by atoms with E-state index in [4.69, 9.17) is 0 Å². The van der Waals surface area contributed by atoms with Crippen molar-refractivity contribution < 1.29 is 4.79 Å². The maximum atomic E-state index is 13.1. The van der Waals surface area contributed by atoms with E-state index < -0.39 is 0 Å². The van der Waals surface area contributed by atoms with E-state index in [-0.39, 0.29) is 5.91 Å². The summed E-state index contributed by atoms with van der Waals surface area (Å²) in [7, 11) is 0. The number of H-pyrrole nitrogens is 2. The first-order valence-electron chi connectivity index (χ1n) is 13.1. The van der Waals surface area contributed by atoms with Gasteiger partial charge < -0.3 is 19.8 Å². The Kier molecular flexibility index (Phi) is 6.99. The number of carbonyl (C=O) groups is 1. The maximum absolute atomic E-state index is 13.1. The molecule has 2 aliphatic heterocycles. The smallest absolute Gasteiger partial charge is 0.253 e. The molecule has 3 aromatic rings. The predicted molar refractivity (Wildman–Crippen MR) is 140 cm³/mol. The quantitative estimate of drug-likeness (QED) is 0.501. The highest BCUT2D eigenvalue weighted by molar-refractivity contribution is 5.94. The van der Waals surface area contributed by atoms with Gasteiger partial charge in [-0.2, -0.15) is 0 Å². The molecule has 2 aromatic heterocycles. The van der Waals surface area contributed by atoms with Crippen molar-refractivity contribution in [2.75, 3.05) is 32.7 Å². The molecule has 1 aromatic carbocycles. The second-order valence-electron chi connectivity index (χ2n) is 11.9. The highest BCUT2D eigenvalue weighted by Crippen LogP contribution is 2.41. The van der Waals surface area contributed by atoms with Crippen molar-refractivity contribution in [2.24, 2.45) is 10.8 Å². The fraction of sp³-hybridized carbons (Fsp3) is 0.536. The average Bonchev–Trinajstić information content (AvgIpc) is 3.52. The molecule has 8 heteroatoms. The van der Waals surface area contributed by atoms with Crippen molar-refractivity contribution in [3.63, 3.8) is 0 Å². The van der Waals surface area contributed by atoms with Crippen LogP contribution in [0.1, 0.15) is 61.2 Å². The third-order valence-electron chi connectivity index (χ3n) is 7.42. The zero-order chi connectivity index (χ0) is 25.2. The van der Waals surface area contributed by atoms with Crippen LogP contribution in [0.5, 0.6) is 0 Å². The van der Waals surface area contributed by atoms with E-state index in [1.165, 1.54) is 12.8 Å². The molecular formula is C28H39N7O. The number of amides is 1. The molecule has 36 heavy (non-hydrogen) atoms. The van der Waals surface area contributed by atoms with Crippen molar-refractivity contribution in [2.45, 2.75) is 53.2 Å². The van der Waals surface area contributed by atoms with E-state index in [0.717, 1.165) is 62.0 Å². The van der Waals surface area contributed by atoms with E-state index in [1.54, 1.807) is 12.4 Å². The van der Waals surface area contributed by atoms with Gasteiger partial charge in [0, 0.05) is 61.9 Å². The van der Waals surface area contributed by atoms with Gasteiger partial charge in [-0.05, 0) is 49.0 Å². The summed E-state index contributed by atoms with van der Waals surface area (Å²) in [6, 6.07) is 8.11. The van der Waals surface area contributed by atoms with E-state index in [1.807, 2.05) is 29.4 Å². The Bertz CT molecular complexity index is 1060. The van der Waals surface area contributed by atoms with Crippen LogP contribution in [0.4, 0.5) is 0 Å². The van der Waals surface area contributed by atoms with Crippen LogP contribution in [0.25, 0.3) is 0 Å². The summed E-state index contributed by atoms with van der Waals surface area (Å²) < 4.78 is 0. The third-order valence-corrected chi connectivity index (χ3v) is 7.42. The summed E-state index contributed by atoms with van der Waals surface area (Å²) in [4.78, 5) is 35.2. The van der Waals surface area contributed by atoms with Crippen LogP contribution in [0, 0.1) is 10.8 Å². The molecule has 1 spiro atoms. The molecule has 1 amide bonds. The fourth-order valence-electron chi connectivity index (χ4n) is 5.63. The number of hydrogen-bond donors (Lipinski definition) is 2. The number of hydrogen-bond acceptors (Lipinski definition) is 5. The minimum atomic E-state index is 0.160. The molecule has 0 radical (unpaired) electrons. The monoisotopic (exact) mass is 489 g/mol. The van der Waals surface area contributed by atoms with Crippen LogP contribution in [0.15, 0.2) is 49.1 Å². The van der Waals surface area contributed by atoms with Crippen LogP contribution in [-0.2, 0) is 19.6 Å². The summed E-state index contributed by atoms with van der Waals surface area (Å²) in [6.45, 7) is 14.3. The molecule has 192 valence electrons. The number of benzene rings is 1. The number of aromatic nitrogens is 4. The summed E-state index contributed by atoms with van der Waals surface area (Å²) in [5, 5.41) is 0. The van der Waals surface area contributed by atoms with Crippen molar-refractivity contribution in [3.05, 3.63) is 71.8 Å². The molecule has 5 rings (SSSR count). The Morgan fingerprint density at radius 1 is 0.944 bits per heavy atom. The number of aromatic amines is 2. The van der Waals surface area contributed by atoms with Gasteiger partial charge in [-0.1, -0.05) is 32.9 Å². The predicted octanol–water partition coefficient (Wildman–Crippen LogP) is 3.92. The van der Waals surface area contributed by atoms with Crippen LogP contribution < -0.4 is 0 Å². The molecule has 2 N–H and O–H groups in total. The highest BCUT2D eigenvalue weighted by Gasteiger charge is 2.46. The van der Waals surface area contributed by atoms with E-state index in [9.17, 15) is 4.79 Å². The standard InChI is InChI=1S/C28H39N7O/c1-27(2,3)19-33-14-8-28(9-15-33)20-35(21-28)26(36)23-6-4-22(5-7-23)16-34(17-24-29-10-11-30-24)18-25-31-12-13-32-25/h4-7,10-13H,8-9,14-21H2,1-3H3,(H,29,30)(H,31,32). The number of piperidine rings is 1. The molecule has 0 bridgehead atoms. The largest absolute Gasteiger partial charge is 0.348 e. The van der Waals surface area contributed by atoms with Crippen LogP contribution in [0.3, 0.4) is 0 Å². The lowest BCUT2D eigenvalue weighted by atomic mass is 9.71. The number of nitrogens with zero attached hydrogens (tertiary/aromatic N) is 5. The molecule has 0 saturated carbocycles. The zero-order valence-electron chi connectivity index (χ0n) is 21.8. The molecule has 8 nitrogen and oxygen atoms in total. The molecule has 0 atom stereocenters. The summed E-state index contributed by atoms with van der Waals surface area (Å²) in [5.41, 5.74) is 2.62. The molecule has 2 saturated heterocycles. The topological polar surface area (TPSA) is 84.2 Å². The Labute approximate surface area is 214 Å². The Morgan fingerprint density at radius 2 is 1.53 bits per heavy atom. The molecular weight excluding hydrogens is 450 g/mol. The van der Waals surface area contributed by atoms with E-state index in [2.05, 4.69) is 62.6 Å². The van der Waals surface area contributed by atoms with Crippen molar-refractivity contribution >= 4 is 5.91 Å². The second kappa shape index (κ2) is 10.2. The normalized spacial score (nSPS) is 18.1. The highest BCUT2D eigenvalue weighted by atomic mass is 16.2. The van der Waals surface area contributed by atoms with Gasteiger partial charge in [-0.3, -0.25) is 9.69 Å². The minimum Gasteiger partial charge on any atom is -0.348 e. The first-order chi connectivity index (χ1) is 17.3. The minimum absolute atomic E-state index is 0.160. The lowest BCUT2D eigenvalue weighted by Crippen LogP contribution is -2.62. The van der Waals surface area contributed by atoms with E-state index in [0.29, 0.717) is 23.9 Å². The van der Waals surface area contributed by atoms with Gasteiger partial charge in [-0.15, -0.1) is 0 Å². The van der Waals surface area contributed by atoms with Gasteiger partial charge >= 0.3 is 0 Å². The molecule has 4 heterocycles. The first kappa shape index (κ1) is 24.7. The number of rotatable bonds is 8. The van der Waals surface area contributed by atoms with E-state index >= 15 is 0 Å². The van der Waals surface area contributed by atoms with Crippen LogP contribution >= 0.6 is 0 Å². The second-order valence-corrected chi connectivity index (χ2v) is 11.9. The van der Waals surface area contributed by atoms with Crippen molar-refractivity contribution in [3.8, 4) is 0 Å². The van der Waals surface area contributed by atoms with Crippen LogP contribution in [0.2, 0.25) is 0 Å². The summed E-state index contributed by atoms with van der Waals surface area (Å²) >= 11 is 0. The maximum Gasteiger partial charge on any atom is 0.253 e. The number of likely N-dealkylation sites (tertiary alicyclic amines) is 2. The van der Waals surface area contributed by atoms with Crippen LogP contribution in [-0.4, -0.2) is 73.3 Å². The lowest BCUT2D eigenvalue weighted by molar-refractivity contribution is -0.0364. The number of nitrogens with one attached hydrogen (secondary N) is 2. The molecule has 2 fully saturated rings. The first-order valence-corrected chi connectivity index (χ1v) is 13.1. The Morgan fingerprint density at radius 3 is 2.03 bits per heavy atom. The Hall–Kier alpha value is -2.97. The fourth-order valence-corrected chi connectivity index (χ4v) is 5.63. The van der Waals surface area contributed by atoms with Crippen molar-refractivity contribution in [1.82, 2.24) is 34.6 Å². The molecule has 0 aliphatic carbocycles. The van der Waals surface area contributed by atoms with Gasteiger partial charge in [0.15, 0.2) is 0 Å². The summed E-state index contributed by atoms with van der Waals surface area (Å²) in [5.74, 6) is 2.00. The lowest BCUT2D eigenvalue weighted by Gasteiger charge is -2.54. The van der Waals surface area contributed by atoms with Crippen molar-refractivity contribution in [1.29, 1.82) is 0 Å². The molecule has 0 unspecified atom stereocenters. The zero-order valence-corrected chi connectivity index (χ0v) is 21.8. The number of carbonyl (C=O) groups excluding carboxylic acids is 1. The van der Waals surface area contributed by atoms with Gasteiger partial charge in [0.2, 0.25) is 0 Å². The number of imidazole rings is 2. The van der Waals surface area contributed by atoms with Gasteiger partial charge in [0.1, 0.15) is 11.6 Å². The van der Waals surface area contributed by atoms with Gasteiger partial charge in [0.25, 0.3) is 5.91 Å².